The van der Waals surface area contributed by atoms with E-state index >= 15 is 4.39 Å². The van der Waals surface area contributed by atoms with E-state index in [1.807, 2.05) is 17.9 Å². The molecule has 220 valence electrons. The zero-order valence-electron chi connectivity index (χ0n) is 23.7. The highest BCUT2D eigenvalue weighted by Gasteiger charge is 2.28. The molecule has 0 saturated carbocycles. The number of likely N-dealkylation sites (N-methyl/N-ethyl adjacent to an activating group) is 1. The molecule has 2 N–H and O–H groups in total. The van der Waals surface area contributed by atoms with Crippen molar-refractivity contribution in [2.45, 2.75) is 32.2 Å². The fourth-order valence-electron chi connectivity index (χ4n) is 5.94. The molecule has 6 rings (SSSR count). The van der Waals surface area contributed by atoms with Crippen LogP contribution < -0.4 is 15.4 Å². The molecule has 2 aliphatic heterocycles. The first kappa shape index (κ1) is 28.2. The fraction of sp³-hybridized carbons (Fsp3) is 0.400. The molecular formula is C30H33F2N7O2S. The van der Waals surface area contributed by atoms with E-state index in [1.165, 1.54) is 12.1 Å². The Balaban J connectivity index is 1.49. The largest absolute Gasteiger partial charge is 0.462 e. The van der Waals surface area contributed by atoms with Crippen LogP contribution in [-0.2, 0) is 11.2 Å². The number of likely N-dealkylation sites (tertiary alicyclic amines) is 1. The van der Waals surface area contributed by atoms with Crippen LogP contribution in [0.4, 0.5) is 19.7 Å². The minimum absolute atomic E-state index is 0.0960. The summed E-state index contributed by atoms with van der Waals surface area (Å²) in [7, 11) is 2.06. The molecule has 1 atom stereocenters. The number of halogens is 2. The van der Waals surface area contributed by atoms with E-state index in [0.29, 0.717) is 72.6 Å². The van der Waals surface area contributed by atoms with Crippen molar-refractivity contribution >= 4 is 49.3 Å². The van der Waals surface area contributed by atoms with Crippen LogP contribution in [0.1, 0.15) is 25.3 Å². The molecule has 2 aliphatic rings. The molecule has 0 radical (unpaired) electrons. The number of thiazole rings is 1. The summed E-state index contributed by atoms with van der Waals surface area (Å²) in [4.78, 5) is 31.9. The first-order chi connectivity index (χ1) is 20.3. The van der Waals surface area contributed by atoms with Crippen molar-refractivity contribution in [1.29, 1.82) is 0 Å². The van der Waals surface area contributed by atoms with Gasteiger partial charge in [0, 0.05) is 48.7 Å². The maximum atomic E-state index is 16.8. The number of ether oxygens (including phenoxy) is 1. The third kappa shape index (κ3) is 5.02. The molecule has 1 unspecified atom stereocenters. The highest BCUT2D eigenvalue weighted by molar-refractivity contribution is 7.22. The molecule has 4 aromatic rings. The molecule has 9 nitrogen and oxygen atoms in total. The van der Waals surface area contributed by atoms with Crippen LogP contribution in [0.15, 0.2) is 30.9 Å². The summed E-state index contributed by atoms with van der Waals surface area (Å²) in [5.41, 5.74) is 7.86. The lowest BCUT2D eigenvalue weighted by Crippen LogP contribution is -2.48. The second-order valence-electron chi connectivity index (χ2n) is 10.7. The number of aromatic nitrogens is 3. The number of nitrogens with two attached hydrogens (primary N) is 1. The summed E-state index contributed by atoms with van der Waals surface area (Å²) in [5, 5.41) is 0.764. The maximum Gasteiger partial charge on any atom is 0.319 e. The average Bonchev–Trinajstić information content (AvgIpc) is 3.61. The van der Waals surface area contributed by atoms with Gasteiger partial charge in [0.1, 0.15) is 23.8 Å². The van der Waals surface area contributed by atoms with E-state index in [1.54, 1.807) is 11.0 Å². The lowest BCUT2D eigenvalue weighted by molar-refractivity contribution is -0.126. The van der Waals surface area contributed by atoms with Crippen molar-refractivity contribution in [2.24, 2.45) is 0 Å². The van der Waals surface area contributed by atoms with E-state index in [4.69, 9.17) is 15.5 Å². The monoisotopic (exact) mass is 593 g/mol. The second-order valence-corrected chi connectivity index (χ2v) is 11.8. The molecule has 42 heavy (non-hydrogen) atoms. The Morgan fingerprint density at radius 1 is 1.17 bits per heavy atom. The van der Waals surface area contributed by atoms with Crippen molar-refractivity contribution in [3.63, 3.8) is 0 Å². The minimum atomic E-state index is -0.546. The van der Waals surface area contributed by atoms with E-state index in [0.717, 1.165) is 30.7 Å². The highest BCUT2D eigenvalue weighted by Crippen LogP contribution is 2.41. The molecule has 0 bridgehead atoms. The summed E-state index contributed by atoms with van der Waals surface area (Å²) in [6, 6.07) is 5.10. The number of nitrogen functional groups attached to an aromatic ring is 1. The number of benzene rings is 2. The Kier molecular flexibility index (Phi) is 7.67. The summed E-state index contributed by atoms with van der Waals surface area (Å²) >= 11 is 1.04. The number of anilines is 2. The zero-order valence-corrected chi connectivity index (χ0v) is 24.5. The molecule has 2 fully saturated rings. The van der Waals surface area contributed by atoms with Crippen molar-refractivity contribution in [1.82, 2.24) is 24.8 Å². The predicted octanol–water partition coefficient (Wildman–Crippen LogP) is 4.64. The van der Waals surface area contributed by atoms with Gasteiger partial charge in [-0.1, -0.05) is 24.8 Å². The first-order valence-corrected chi connectivity index (χ1v) is 15.0. The average molecular weight is 594 g/mol. The van der Waals surface area contributed by atoms with Crippen LogP contribution in [-0.4, -0.2) is 83.1 Å². The van der Waals surface area contributed by atoms with Gasteiger partial charge in [-0.2, -0.15) is 9.97 Å². The summed E-state index contributed by atoms with van der Waals surface area (Å²) < 4.78 is 37.8. The van der Waals surface area contributed by atoms with Crippen LogP contribution in [0.25, 0.3) is 32.2 Å². The van der Waals surface area contributed by atoms with Crippen molar-refractivity contribution in [2.75, 3.05) is 57.0 Å². The molecule has 0 aliphatic carbocycles. The highest BCUT2D eigenvalue weighted by atomic mass is 32.1. The number of hydrogen-bond donors (Lipinski definition) is 1. The number of piperazine rings is 1. The molecule has 0 spiro atoms. The van der Waals surface area contributed by atoms with Gasteiger partial charge in [0.25, 0.3) is 0 Å². The maximum absolute atomic E-state index is 16.8. The van der Waals surface area contributed by atoms with Gasteiger partial charge >= 0.3 is 6.01 Å². The molecule has 2 aromatic carbocycles. The number of hydrogen-bond acceptors (Lipinski definition) is 9. The number of carbonyl (C=O) groups excluding carboxylic acids is 1. The van der Waals surface area contributed by atoms with E-state index in [9.17, 15) is 9.18 Å². The summed E-state index contributed by atoms with van der Waals surface area (Å²) in [6.45, 7) is 8.91. The predicted molar refractivity (Wildman–Crippen MR) is 162 cm³/mol. The molecule has 4 heterocycles. The zero-order chi connectivity index (χ0) is 29.5. The van der Waals surface area contributed by atoms with Gasteiger partial charge < -0.3 is 25.2 Å². The summed E-state index contributed by atoms with van der Waals surface area (Å²) in [5.74, 6) is -0.559. The first-order valence-electron chi connectivity index (χ1n) is 14.2. The third-order valence-corrected chi connectivity index (χ3v) is 9.17. The topological polar surface area (TPSA) is 101 Å². The van der Waals surface area contributed by atoms with Crippen molar-refractivity contribution < 1.29 is 18.3 Å². The van der Waals surface area contributed by atoms with E-state index in [-0.39, 0.29) is 33.3 Å². The fourth-order valence-corrected chi connectivity index (χ4v) is 6.71. The van der Waals surface area contributed by atoms with Gasteiger partial charge in [-0.3, -0.25) is 4.79 Å². The van der Waals surface area contributed by atoms with Crippen LogP contribution in [0.5, 0.6) is 6.01 Å². The van der Waals surface area contributed by atoms with E-state index in [2.05, 4.69) is 28.5 Å². The lowest BCUT2D eigenvalue weighted by atomic mass is 9.94. The van der Waals surface area contributed by atoms with Gasteiger partial charge in [-0.15, -0.1) is 0 Å². The smallest absolute Gasteiger partial charge is 0.319 e. The standard InChI is InChI=1S/C30H33F2N7O2S/c1-4-17-15-20-25(24(32)23(17)19-8-9-21(31)27-26(19)34-29(33)42-27)35-30(41-16-18-7-6-10-37(18)3)36-28(20)39-13-11-38(12-14-39)22(40)5-2/h5,8-9,15,18H,2,4,6-7,10-14,16H2,1,3H3,(H2,33,34). The third-order valence-electron chi connectivity index (χ3n) is 8.28. The molecule has 2 aromatic heterocycles. The number of fused-ring (bicyclic) bond motifs is 2. The van der Waals surface area contributed by atoms with Gasteiger partial charge in [0.2, 0.25) is 5.91 Å². The van der Waals surface area contributed by atoms with Gasteiger partial charge in [0.15, 0.2) is 10.9 Å². The Bertz CT molecular complexity index is 1690. The number of aryl methyl sites for hydroxylation is 1. The molecule has 12 heteroatoms. The normalized spacial score (nSPS) is 17.9. The van der Waals surface area contributed by atoms with Crippen LogP contribution >= 0.6 is 11.3 Å². The molecular weight excluding hydrogens is 560 g/mol. The number of rotatable bonds is 7. The number of nitrogens with zero attached hydrogens (tertiary/aromatic N) is 6. The lowest BCUT2D eigenvalue weighted by Gasteiger charge is -2.35. The second kappa shape index (κ2) is 11.4. The Hall–Kier alpha value is -3.90. The minimum Gasteiger partial charge on any atom is -0.462 e. The number of amides is 1. The van der Waals surface area contributed by atoms with Crippen molar-refractivity contribution in [3.05, 3.63) is 48.1 Å². The summed E-state index contributed by atoms with van der Waals surface area (Å²) in [6.07, 6.45) is 3.92. The Morgan fingerprint density at radius 3 is 2.64 bits per heavy atom. The Morgan fingerprint density at radius 2 is 1.95 bits per heavy atom. The molecule has 1 amide bonds. The SMILES string of the molecule is C=CC(=O)N1CCN(c2nc(OCC3CCCN3C)nc3c(F)c(-c4ccc(F)c5sc(N)nc45)c(CC)cc23)CC1. The van der Waals surface area contributed by atoms with Gasteiger partial charge in [-0.05, 0) is 62.7 Å². The van der Waals surface area contributed by atoms with Gasteiger partial charge in [0.05, 0.1) is 10.2 Å². The van der Waals surface area contributed by atoms with E-state index < -0.39 is 11.6 Å². The van der Waals surface area contributed by atoms with Crippen LogP contribution in [0.3, 0.4) is 0 Å². The van der Waals surface area contributed by atoms with Gasteiger partial charge in [-0.25, -0.2) is 13.8 Å². The van der Waals surface area contributed by atoms with Crippen LogP contribution in [0, 0.1) is 11.6 Å². The van der Waals surface area contributed by atoms with Crippen LogP contribution in [0.2, 0.25) is 0 Å². The van der Waals surface area contributed by atoms with Crippen molar-refractivity contribution in [3.8, 4) is 17.1 Å². The Labute approximate surface area is 246 Å². The number of carbonyl (C=O) groups is 1. The quantitative estimate of drug-likeness (QED) is 0.310. The molecule has 2 saturated heterocycles.